The molecule has 0 aromatic rings. The number of carboxylic acids is 2. The first-order chi connectivity index (χ1) is 7.09. The van der Waals surface area contributed by atoms with Gasteiger partial charge in [-0.05, 0) is 13.8 Å². The van der Waals surface area contributed by atoms with Gasteiger partial charge >= 0.3 is 17.9 Å². The Morgan fingerprint density at radius 3 is 1.88 bits per heavy atom. The second kappa shape index (κ2) is 4.31. The Morgan fingerprint density at radius 2 is 1.62 bits per heavy atom. The van der Waals surface area contributed by atoms with Crippen LogP contribution in [-0.2, 0) is 19.1 Å². The van der Waals surface area contributed by atoms with Crippen LogP contribution >= 0.6 is 0 Å². The predicted octanol–water partition coefficient (Wildman–Crippen LogP) is -0.605. The van der Waals surface area contributed by atoms with E-state index in [0.29, 0.717) is 6.08 Å². The standard InChI is InChI=1S/C9H12O7/c1-4-5(10)16-9(3,7(13)14)8(2,15)6(11)12/h4,15H,1H2,2-3H3,(H,11,12)(H,13,14). The average Bonchev–Trinajstić information content (AvgIpc) is 2.16. The summed E-state index contributed by atoms with van der Waals surface area (Å²) in [5.41, 5.74) is -5.37. The van der Waals surface area contributed by atoms with Crippen LogP contribution in [-0.4, -0.2) is 44.4 Å². The zero-order chi connectivity index (χ0) is 13.1. The van der Waals surface area contributed by atoms with Crippen molar-refractivity contribution < 1.29 is 34.4 Å². The van der Waals surface area contributed by atoms with E-state index in [-0.39, 0.29) is 0 Å². The Balaban J connectivity index is 5.43. The molecule has 2 atom stereocenters. The van der Waals surface area contributed by atoms with Gasteiger partial charge in [0.1, 0.15) is 0 Å². The molecular formula is C9H12O7. The molecule has 7 nitrogen and oxygen atoms in total. The molecule has 0 amide bonds. The molecule has 0 rings (SSSR count). The van der Waals surface area contributed by atoms with Gasteiger partial charge in [0.15, 0.2) is 0 Å². The maximum atomic E-state index is 10.9. The average molecular weight is 232 g/mol. The van der Waals surface area contributed by atoms with Crippen molar-refractivity contribution in [1.82, 2.24) is 0 Å². The molecule has 0 radical (unpaired) electrons. The predicted molar refractivity (Wildman–Crippen MR) is 50.6 cm³/mol. The van der Waals surface area contributed by atoms with Gasteiger partial charge in [0.05, 0.1) is 0 Å². The molecule has 0 aromatic carbocycles. The van der Waals surface area contributed by atoms with Crippen molar-refractivity contribution in [3.05, 3.63) is 12.7 Å². The number of ether oxygens (including phenoxy) is 1. The number of carbonyl (C=O) groups is 3. The van der Waals surface area contributed by atoms with E-state index in [9.17, 15) is 19.5 Å². The smallest absolute Gasteiger partial charge is 0.351 e. The first-order valence-corrected chi connectivity index (χ1v) is 4.14. The maximum Gasteiger partial charge on any atom is 0.351 e. The summed E-state index contributed by atoms with van der Waals surface area (Å²) >= 11 is 0. The van der Waals surface area contributed by atoms with Crippen LogP contribution in [0.1, 0.15) is 13.8 Å². The lowest BCUT2D eigenvalue weighted by Gasteiger charge is -2.34. The fraction of sp³-hybridized carbons (Fsp3) is 0.444. The molecule has 3 N–H and O–H groups in total. The molecule has 0 saturated heterocycles. The van der Waals surface area contributed by atoms with Gasteiger partial charge in [-0.15, -0.1) is 0 Å². The van der Waals surface area contributed by atoms with E-state index in [1.54, 1.807) is 0 Å². The van der Waals surface area contributed by atoms with Crippen LogP contribution in [0.4, 0.5) is 0 Å². The summed E-state index contributed by atoms with van der Waals surface area (Å²) in [6.07, 6.45) is 0.666. The van der Waals surface area contributed by atoms with Crippen molar-refractivity contribution in [2.45, 2.75) is 25.0 Å². The number of hydrogen-bond acceptors (Lipinski definition) is 5. The number of hydrogen-bond donors (Lipinski definition) is 3. The van der Waals surface area contributed by atoms with Crippen molar-refractivity contribution in [2.75, 3.05) is 0 Å². The number of aliphatic hydroxyl groups is 1. The number of esters is 1. The van der Waals surface area contributed by atoms with E-state index < -0.39 is 29.1 Å². The van der Waals surface area contributed by atoms with Crippen molar-refractivity contribution in [2.24, 2.45) is 0 Å². The fourth-order valence-electron chi connectivity index (χ4n) is 0.798. The Hall–Kier alpha value is -1.89. The van der Waals surface area contributed by atoms with Crippen molar-refractivity contribution in [3.8, 4) is 0 Å². The monoisotopic (exact) mass is 232 g/mol. The quantitative estimate of drug-likeness (QED) is 0.427. The highest BCUT2D eigenvalue weighted by Crippen LogP contribution is 2.27. The van der Waals surface area contributed by atoms with Crippen LogP contribution in [0.5, 0.6) is 0 Å². The van der Waals surface area contributed by atoms with Gasteiger partial charge in [-0.1, -0.05) is 6.58 Å². The van der Waals surface area contributed by atoms with E-state index in [1.165, 1.54) is 0 Å². The minimum absolute atomic E-state index is 0.666. The highest BCUT2D eigenvalue weighted by Gasteiger charge is 2.58. The van der Waals surface area contributed by atoms with Gasteiger partial charge in [-0.25, -0.2) is 14.4 Å². The lowest BCUT2D eigenvalue weighted by molar-refractivity contribution is -0.210. The zero-order valence-electron chi connectivity index (χ0n) is 8.76. The highest BCUT2D eigenvalue weighted by molar-refractivity contribution is 5.93. The molecule has 0 aromatic heterocycles. The zero-order valence-corrected chi connectivity index (χ0v) is 8.76. The van der Waals surface area contributed by atoms with Crippen LogP contribution in [0.3, 0.4) is 0 Å². The second-order valence-corrected chi connectivity index (χ2v) is 3.34. The van der Waals surface area contributed by atoms with Gasteiger partial charge in [0, 0.05) is 6.08 Å². The summed E-state index contributed by atoms with van der Waals surface area (Å²) in [6.45, 7) is 4.54. The van der Waals surface area contributed by atoms with Gasteiger partial charge < -0.3 is 20.1 Å². The summed E-state index contributed by atoms with van der Waals surface area (Å²) < 4.78 is 4.39. The maximum absolute atomic E-state index is 10.9. The van der Waals surface area contributed by atoms with Gasteiger partial charge in [0.25, 0.3) is 0 Å². The molecule has 0 bridgehead atoms. The first-order valence-electron chi connectivity index (χ1n) is 4.14. The molecular weight excluding hydrogens is 220 g/mol. The molecule has 7 heteroatoms. The summed E-state index contributed by atoms with van der Waals surface area (Å²) in [6, 6.07) is 0. The van der Waals surface area contributed by atoms with Gasteiger partial charge in [-0.2, -0.15) is 0 Å². The minimum Gasteiger partial charge on any atom is -0.479 e. The largest absolute Gasteiger partial charge is 0.479 e. The Labute approximate surface area is 90.9 Å². The normalized spacial score (nSPS) is 17.7. The minimum atomic E-state index is -2.77. The number of carboxylic acid groups (broad SMARTS) is 2. The van der Waals surface area contributed by atoms with Crippen molar-refractivity contribution >= 4 is 17.9 Å². The highest BCUT2D eigenvalue weighted by atomic mass is 16.6. The molecule has 2 unspecified atom stereocenters. The third-order valence-electron chi connectivity index (χ3n) is 2.22. The molecule has 0 saturated carbocycles. The van der Waals surface area contributed by atoms with E-state index >= 15 is 0 Å². The summed E-state index contributed by atoms with van der Waals surface area (Å²) in [5, 5.41) is 27.0. The molecule has 16 heavy (non-hydrogen) atoms. The number of rotatable bonds is 5. The topological polar surface area (TPSA) is 121 Å². The van der Waals surface area contributed by atoms with E-state index in [0.717, 1.165) is 13.8 Å². The van der Waals surface area contributed by atoms with Gasteiger partial charge in [0.2, 0.25) is 11.2 Å². The number of aliphatic carboxylic acids is 2. The molecule has 0 aliphatic carbocycles. The lowest BCUT2D eigenvalue weighted by atomic mass is 9.85. The van der Waals surface area contributed by atoms with Crippen molar-refractivity contribution in [1.29, 1.82) is 0 Å². The summed E-state index contributed by atoms with van der Waals surface area (Å²) in [5.74, 6) is -4.75. The SMILES string of the molecule is C=CC(=O)OC(C)(C(=O)O)C(C)(O)C(=O)O. The molecule has 0 fully saturated rings. The fourth-order valence-corrected chi connectivity index (χ4v) is 0.798. The van der Waals surface area contributed by atoms with E-state index in [1.807, 2.05) is 0 Å². The third kappa shape index (κ3) is 2.19. The molecule has 0 spiro atoms. The van der Waals surface area contributed by atoms with E-state index in [4.69, 9.17) is 10.2 Å². The molecule has 0 aliphatic heterocycles. The van der Waals surface area contributed by atoms with Crippen LogP contribution in [0.2, 0.25) is 0 Å². The Kier molecular flexibility index (Phi) is 3.80. The second-order valence-electron chi connectivity index (χ2n) is 3.34. The van der Waals surface area contributed by atoms with Gasteiger partial charge in [-0.3, -0.25) is 0 Å². The van der Waals surface area contributed by atoms with E-state index in [2.05, 4.69) is 11.3 Å². The van der Waals surface area contributed by atoms with Crippen LogP contribution in [0.25, 0.3) is 0 Å². The van der Waals surface area contributed by atoms with Crippen LogP contribution in [0, 0.1) is 0 Å². The Bertz CT molecular complexity index is 344. The molecule has 90 valence electrons. The van der Waals surface area contributed by atoms with Crippen LogP contribution in [0.15, 0.2) is 12.7 Å². The van der Waals surface area contributed by atoms with Crippen LogP contribution < -0.4 is 0 Å². The number of carbonyl (C=O) groups excluding carboxylic acids is 1. The molecule has 0 heterocycles. The summed E-state index contributed by atoms with van der Waals surface area (Å²) in [4.78, 5) is 32.5. The third-order valence-corrected chi connectivity index (χ3v) is 2.22. The molecule has 0 aliphatic rings. The Morgan fingerprint density at radius 1 is 1.19 bits per heavy atom. The lowest BCUT2D eigenvalue weighted by Crippen LogP contribution is -2.62. The first kappa shape index (κ1) is 14.1. The summed E-state index contributed by atoms with van der Waals surface area (Å²) in [7, 11) is 0. The van der Waals surface area contributed by atoms with Crippen molar-refractivity contribution in [3.63, 3.8) is 0 Å².